The van der Waals surface area contributed by atoms with Gasteiger partial charge < -0.3 is 14.6 Å². The molecule has 1 N–H and O–H groups in total. The van der Waals surface area contributed by atoms with E-state index in [1.165, 1.54) is 10.9 Å². The first-order valence-electron chi connectivity index (χ1n) is 8.65. The van der Waals surface area contributed by atoms with Crippen LogP contribution < -0.4 is 10.1 Å². The smallest absolute Gasteiger partial charge is 0.257 e. The number of aryl methyl sites for hydroxylation is 3. The highest BCUT2D eigenvalue weighted by atomic mass is 16.5. The van der Waals surface area contributed by atoms with Crippen LogP contribution in [-0.2, 0) is 11.3 Å². The Morgan fingerprint density at radius 3 is 2.60 bits per heavy atom. The molecule has 2 aromatic carbocycles. The summed E-state index contributed by atoms with van der Waals surface area (Å²) in [4.78, 5) is 12.0. The number of amides is 1. The molecule has 0 fully saturated rings. The summed E-state index contributed by atoms with van der Waals surface area (Å²) in [5.41, 5.74) is 3.33. The molecule has 0 aliphatic carbocycles. The fourth-order valence-corrected chi connectivity index (χ4v) is 3.03. The molecule has 1 heterocycles. The topological polar surface area (TPSA) is 43.3 Å². The molecule has 0 spiro atoms. The number of rotatable bonds is 7. The molecule has 130 valence electrons. The highest BCUT2D eigenvalue weighted by molar-refractivity contribution is 5.80. The number of hydrogen-bond acceptors (Lipinski definition) is 2. The van der Waals surface area contributed by atoms with Crippen LogP contribution in [0.5, 0.6) is 5.75 Å². The van der Waals surface area contributed by atoms with Crippen LogP contribution >= 0.6 is 0 Å². The SMILES string of the molecule is Cc1cccc(C)c1OCC(=O)NCCCn1ccc2ccccc21. The summed E-state index contributed by atoms with van der Waals surface area (Å²) in [7, 11) is 0. The van der Waals surface area contributed by atoms with Crippen molar-refractivity contribution in [2.24, 2.45) is 0 Å². The normalized spacial score (nSPS) is 10.8. The third-order valence-electron chi connectivity index (χ3n) is 4.33. The lowest BCUT2D eigenvalue weighted by molar-refractivity contribution is -0.123. The largest absolute Gasteiger partial charge is 0.483 e. The van der Waals surface area contributed by atoms with E-state index in [0.29, 0.717) is 6.54 Å². The Hall–Kier alpha value is -2.75. The maximum Gasteiger partial charge on any atom is 0.257 e. The van der Waals surface area contributed by atoms with E-state index in [-0.39, 0.29) is 12.5 Å². The summed E-state index contributed by atoms with van der Waals surface area (Å²) >= 11 is 0. The first-order chi connectivity index (χ1) is 12.1. The summed E-state index contributed by atoms with van der Waals surface area (Å²) in [6.45, 7) is 5.55. The molecule has 0 aliphatic heterocycles. The lowest BCUT2D eigenvalue weighted by Gasteiger charge is -2.12. The molecule has 25 heavy (non-hydrogen) atoms. The Labute approximate surface area is 148 Å². The van der Waals surface area contributed by atoms with E-state index in [1.54, 1.807) is 0 Å². The number of fused-ring (bicyclic) bond motifs is 1. The van der Waals surface area contributed by atoms with Gasteiger partial charge in [-0.3, -0.25) is 4.79 Å². The number of benzene rings is 2. The van der Waals surface area contributed by atoms with E-state index in [1.807, 2.05) is 44.2 Å². The van der Waals surface area contributed by atoms with Gasteiger partial charge in [-0.25, -0.2) is 0 Å². The molecule has 3 aromatic rings. The van der Waals surface area contributed by atoms with Gasteiger partial charge in [0.1, 0.15) is 5.75 Å². The van der Waals surface area contributed by atoms with Crippen LogP contribution in [0.1, 0.15) is 17.5 Å². The Bertz CT molecular complexity index is 847. The second-order valence-electron chi connectivity index (χ2n) is 6.28. The fraction of sp³-hybridized carbons (Fsp3) is 0.286. The van der Waals surface area contributed by atoms with Gasteiger partial charge in [0, 0.05) is 24.8 Å². The number of aromatic nitrogens is 1. The van der Waals surface area contributed by atoms with Crippen molar-refractivity contribution >= 4 is 16.8 Å². The van der Waals surface area contributed by atoms with Gasteiger partial charge in [-0.1, -0.05) is 36.4 Å². The van der Waals surface area contributed by atoms with Crippen molar-refractivity contribution < 1.29 is 9.53 Å². The minimum atomic E-state index is -0.0833. The molecular formula is C21H24N2O2. The van der Waals surface area contributed by atoms with Crippen LogP contribution in [0.4, 0.5) is 0 Å². The predicted molar refractivity (Wildman–Crippen MR) is 101 cm³/mol. The highest BCUT2D eigenvalue weighted by Crippen LogP contribution is 2.22. The molecule has 0 saturated heterocycles. The molecule has 1 amide bonds. The summed E-state index contributed by atoms with van der Waals surface area (Å²) in [6, 6.07) is 16.4. The molecule has 0 atom stereocenters. The van der Waals surface area contributed by atoms with Crippen LogP contribution in [0.25, 0.3) is 10.9 Å². The van der Waals surface area contributed by atoms with Crippen molar-refractivity contribution in [3.8, 4) is 5.75 Å². The van der Waals surface area contributed by atoms with Crippen molar-refractivity contribution in [1.29, 1.82) is 0 Å². The van der Waals surface area contributed by atoms with Crippen LogP contribution in [-0.4, -0.2) is 23.6 Å². The molecule has 0 saturated carbocycles. The van der Waals surface area contributed by atoms with Crippen LogP contribution in [0.3, 0.4) is 0 Å². The first-order valence-corrected chi connectivity index (χ1v) is 8.65. The maximum absolute atomic E-state index is 12.0. The van der Waals surface area contributed by atoms with Gasteiger partial charge in [-0.2, -0.15) is 0 Å². The molecule has 0 aliphatic rings. The second kappa shape index (κ2) is 7.88. The van der Waals surface area contributed by atoms with Crippen molar-refractivity contribution in [3.63, 3.8) is 0 Å². The lowest BCUT2D eigenvalue weighted by atomic mass is 10.1. The highest BCUT2D eigenvalue weighted by Gasteiger charge is 2.07. The Morgan fingerprint density at radius 1 is 1.04 bits per heavy atom. The average molecular weight is 336 g/mol. The number of nitrogens with zero attached hydrogens (tertiary/aromatic N) is 1. The van der Waals surface area contributed by atoms with E-state index in [0.717, 1.165) is 29.8 Å². The molecule has 4 nitrogen and oxygen atoms in total. The third kappa shape index (κ3) is 4.21. The van der Waals surface area contributed by atoms with Gasteiger partial charge in [0.25, 0.3) is 5.91 Å². The minimum Gasteiger partial charge on any atom is -0.483 e. The number of ether oxygens (including phenoxy) is 1. The van der Waals surface area contributed by atoms with E-state index >= 15 is 0 Å². The van der Waals surface area contributed by atoms with Gasteiger partial charge in [0.05, 0.1) is 0 Å². The van der Waals surface area contributed by atoms with Crippen LogP contribution in [0.15, 0.2) is 54.7 Å². The Kier molecular flexibility index (Phi) is 5.39. The zero-order chi connectivity index (χ0) is 17.6. The number of para-hydroxylation sites is 2. The molecule has 1 aromatic heterocycles. The summed E-state index contributed by atoms with van der Waals surface area (Å²) in [6.07, 6.45) is 2.98. The zero-order valence-electron chi connectivity index (χ0n) is 14.8. The van der Waals surface area contributed by atoms with Gasteiger partial charge in [0.15, 0.2) is 6.61 Å². The van der Waals surface area contributed by atoms with Crippen molar-refractivity contribution in [2.45, 2.75) is 26.8 Å². The number of hydrogen-bond donors (Lipinski definition) is 1. The average Bonchev–Trinajstić information content (AvgIpc) is 3.01. The van der Waals surface area contributed by atoms with E-state index in [2.05, 4.69) is 34.3 Å². The van der Waals surface area contributed by atoms with Crippen LogP contribution in [0, 0.1) is 13.8 Å². The molecule has 3 rings (SSSR count). The van der Waals surface area contributed by atoms with Crippen LogP contribution in [0.2, 0.25) is 0 Å². The molecule has 0 bridgehead atoms. The summed E-state index contributed by atoms with van der Waals surface area (Å²) in [5.74, 6) is 0.719. The van der Waals surface area contributed by atoms with Gasteiger partial charge in [-0.05, 0) is 48.9 Å². The Morgan fingerprint density at radius 2 is 1.80 bits per heavy atom. The van der Waals surface area contributed by atoms with E-state index in [4.69, 9.17) is 4.74 Å². The molecule has 4 heteroatoms. The summed E-state index contributed by atoms with van der Waals surface area (Å²) in [5, 5.41) is 4.17. The van der Waals surface area contributed by atoms with Gasteiger partial charge in [-0.15, -0.1) is 0 Å². The van der Waals surface area contributed by atoms with Gasteiger partial charge in [0.2, 0.25) is 0 Å². The standard InChI is InChI=1S/C21H24N2O2/c1-16-7-5-8-17(2)21(16)25-15-20(24)22-12-6-13-23-14-11-18-9-3-4-10-19(18)23/h3-5,7-11,14H,6,12-13,15H2,1-2H3,(H,22,24). The van der Waals surface area contributed by atoms with Gasteiger partial charge >= 0.3 is 0 Å². The van der Waals surface area contributed by atoms with E-state index in [9.17, 15) is 4.79 Å². The fourth-order valence-electron chi connectivity index (χ4n) is 3.03. The summed E-state index contributed by atoms with van der Waals surface area (Å²) < 4.78 is 7.89. The second-order valence-corrected chi connectivity index (χ2v) is 6.28. The molecule has 0 radical (unpaired) electrons. The maximum atomic E-state index is 12.0. The number of nitrogens with one attached hydrogen (secondary N) is 1. The molecule has 0 unspecified atom stereocenters. The monoisotopic (exact) mass is 336 g/mol. The van der Waals surface area contributed by atoms with Crippen molar-refractivity contribution in [1.82, 2.24) is 9.88 Å². The van der Waals surface area contributed by atoms with E-state index < -0.39 is 0 Å². The minimum absolute atomic E-state index is 0.0537. The molecular weight excluding hydrogens is 312 g/mol. The lowest BCUT2D eigenvalue weighted by Crippen LogP contribution is -2.30. The van der Waals surface area contributed by atoms with Crippen molar-refractivity contribution in [2.75, 3.05) is 13.2 Å². The number of carbonyl (C=O) groups excluding carboxylic acids is 1. The predicted octanol–water partition coefficient (Wildman–Crippen LogP) is 3.84. The number of carbonyl (C=O) groups is 1. The Balaban J connectivity index is 1.42. The third-order valence-corrected chi connectivity index (χ3v) is 4.33. The first kappa shape index (κ1) is 17.1. The quantitative estimate of drug-likeness (QED) is 0.666. The zero-order valence-corrected chi connectivity index (χ0v) is 14.8. The van der Waals surface area contributed by atoms with Crippen molar-refractivity contribution in [3.05, 3.63) is 65.9 Å².